The van der Waals surface area contributed by atoms with Gasteiger partial charge < -0.3 is 0 Å². The summed E-state index contributed by atoms with van der Waals surface area (Å²) in [4.78, 5) is 4.22. The molecule has 20 heavy (non-hydrogen) atoms. The fourth-order valence-electron chi connectivity index (χ4n) is 2.35. The molecule has 3 rings (SSSR count). The average Bonchev–Trinajstić information content (AvgIpc) is 2.40. The van der Waals surface area contributed by atoms with Gasteiger partial charge in [-0.25, -0.2) is 8.42 Å². The summed E-state index contributed by atoms with van der Waals surface area (Å²) >= 11 is 6.10. The van der Waals surface area contributed by atoms with E-state index in [2.05, 4.69) is 4.98 Å². The Morgan fingerprint density at radius 2 is 2.00 bits per heavy atom. The van der Waals surface area contributed by atoms with E-state index in [1.807, 2.05) is 6.07 Å². The lowest BCUT2D eigenvalue weighted by Crippen LogP contribution is -2.10. The smallest absolute Gasteiger partial charge is 0.209 e. The van der Waals surface area contributed by atoms with Gasteiger partial charge in [-0.15, -0.1) is 0 Å². The summed E-state index contributed by atoms with van der Waals surface area (Å²) in [6.45, 7) is 0. The number of sulfone groups is 1. The molecule has 1 aromatic carbocycles. The van der Waals surface area contributed by atoms with Crippen molar-refractivity contribution in [2.45, 2.75) is 35.0 Å². The van der Waals surface area contributed by atoms with Crippen LogP contribution >= 0.6 is 11.6 Å². The van der Waals surface area contributed by atoms with Crippen molar-refractivity contribution in [3.8, 4) is 0 Å². The second-order valence-electron chi connectivity index (χ2n) is 5.01. The van der Waals surface area contributed by atoms with Gasteiger partial charge in [-0.3, -0.25) is 4.98 Å². The summed E-state index contributed by atoms with van der Waals surface area (Å²) in [5.41, 5.74) is 1.06. The molecule has 0 radical (unpaired) electrons. The van der Waals surface area contributed by atoms with Gasteiger partial charge in [0.1, 0.15) is 0 Å². The van der Waals surface area contributed by atoms with Crippen molar-refractivity contribution in [3.05, 3.63) is 53.3 Å². The first-order valence-corrected chi connectivity index (χ1v) is 8.40. The normalized spacial score (nSPS) is 15.8. The van der Waals surface area contributed by atoms with Crippen LogP contribution in [0.15, 0.2) is 52.5 Å². The largest absolute Gasteiger partial charge is 0.263 e. The fourth-order valence-corrected chi connectivity index (χ4v) is 4.10. The second-order valence-corrected chi connectivity index (χ2v) is 7.34. The number of pyridine rings is 1. The standard InChI is InChI=1S/C15H14ClNO2S/c16-14-7-6-12(11-3-1-4-11)9-15(14)20(18,19)13-5-2-8-17-10-13/h2,5-11H,1,3-4H2. The van der Waals surface area contributed by atoms with Crippen molar-refractivity contribution >= 4 is 21.4 Å². The van der Waals surface area contributed by atoms with E-state index >= 15 is 0 Å². The molecule has 2 aromatic rings. The van der Waals surface area contributed by atoms with E-state index in [4.69, 9.17) is 11.6 Å². The van der Waals surface area contributed by atoms with Crippen molar-refractivity contribution in [1.29, 1.82) is 0 Å². The van der Waals surface area contributed by atoms with Gasteiger partial charge in [-0.1, -0.05) is 24.1 Å². The quantitative estimate of drug-likeness (QED) is 0.865. The average molecular weight is 308 g/mol. The molecule has 0 bridgehead atoms. The van der Waals surface area contributed by atoms with Crippen LogP contribution in [0.25, 0.3) is 0 Å². The van der Waals surface area contributed by atoms with Crippen molar-refractivity contribution < 1.29 is 8.42 Å². The Hall–Kier alpha value is -1.39. The van der Waals surface area contributed by atoms with Crippen LogP contribution in [0.2, 0.25) is 5.02 Å². The molecule has 1 saturated carbocycles. The topological polar surface area (TPSA) is 47.0 Å². The predicted molar refractivity (Wildman–Crippen MR) is 77.7 cm³/mol. The molecule has 1 fully saturated rings. The maximum Gasteiger partial charge on any atom is 0.209 e. The SMILES string of the molecule is O=S(=O)(c1cccnc1)c1cc(C2CCC2)ccc1Cl. The maximum absolute atomic E-state index is 12.6. The van der Waals surface area contributed by atoms with Gasteiger partial charge in [0.05, 0.1) is 14.8 Å². The summed E-state index contributed by atoms with van der Waals surface area (Å²) in [5.74, 6) is 0.468. The monoisotopic (exact) mass is 307 g/mol. The summed E-state index contributed by atoms with van der Waals surface area (Å²) in [6, 6.07) is 8.46. The number of rotatable bonds is 3. The molecule has 0 atom stereocenters. The molecule has 0 N–H and O–H groups in total. The van der Waals surface area contributed by atoms with Gasteiger partial charge in [0.2, 0.25) is 9.84 Å². The van der Waals surface area contributed by atoms with Crippen LogP contribution in [0.5, 0.6) is 0 Å². The molecule has 1 heterocycles. The zero-order valence-electron chi connectivity index (χ0n) is 10.8. The highest BCUT2D eigenvalue weighted by atomic mass is 35.5. The van der Waals surface area contributed by atoms with Crippen molar-refractivity contribution in [1.82, 2.24) is 4.98 Å². The van der Waals surface area contributed by atoms with Crippen LogP contribution in [-0.2, 0) is 9.84 Å². The van der Waals surface area contributed by atoms with E-state index in [1.54, 1.807) is 24.4 Å². The third-order valence-electron chi connectivity index (χ3n) is 3.77. The van der Waals surface area contributed by atoms with E-state index in [9.17, 15) is 8.42 Å². The van der Waals surface area contributed by atoms with E-state index in [0.29, 0.717) is 5.92 Å². The van der Waals surface area contributed by atoms with Gasteiger partial charge in [-0.05, 0) is 48.6 Å². The molecule has 5 heteroatoms. The summed E-state index contributed by atoms with van der Waals surface area (Å²) < 4.78 is 25.2. The first-order valence-electron chi connectivity index (χ1n) is 6.53. The van der Waals surface area contributed by atoms with E-state index in [1.165, 1.54) is 18.7 Å². The number of nitrogens with zero attached hydrogens (tertiary/aromatic N) is 1. The zero-order chi connectivity index (χ0) is 14.2. The fraction of sp³-hybridized carbons (Fsp3) is 0.267. The van der Waals surface area contributed by atoms with Crippen molar-refractivity contribution in [2.75, 3.05) is 0 Å². The number of benzene rings is 1. The molecule has 104 valence electrons. The van der Waals surface area contributed by atoms with Gasteiger partial charge in [0, 0.05) is 12.4 Å². The molecule has 0 saturated heterocycles. The minimum absolute atomic E-state index is 0.174. The van der Waals surface area contributed by atoms with Crippen molar-refractivity contribution in [3.63, 3.8) is 0 Å². The lowest BCUT2D eigenvalue weighted by Gasteiger charge is -2.26. The van der Waals surface area contributed by atoms with Crippen LogP contribution in [0.4, 0.5) is 0 Å². The number of halogens is 1. The number of hydrogen-bond acceptors (Lipinski definition) is 3. The highest BCUT2D eigenvalue weighted by Crippen LogP contribution is 2.39. The highest BCUT2D eigenvalue weighted by Gasteiger charge is 2.25. The van der Waals surface area contributed by atoms with Gasteiger partial charge in [-0.2, -0.15) is 0 Å². The third kappa shape index (κ3) is 2.34. The Morgan fingerprint density at radius 1 is 1.20 bits per heavy atom. The molecular formula is C15H14ClNO2S. The lowest BCUT2D eigenvalue weighted by atomic mass is 9.80. The zero-order valence-corrected chi connectivity index (χ0v) is 12.4. The highest BCUT2D eigenvalue weighted by molar-refractivity contribution is 7.91. The molecule has 1 aliphatic rings. The summed E-state index contributed by atoms with van der Waals surface area (Å²) in [5, 5.41) is 0.261. The molecule has 0 spiro atoms. The molecule has 3 nitrogen and oxygen atoms in total. The van der Waals surface area contributed by atoms with E-state index in [0.717, 1.165) is 18.4 Å². The van der Waals surface area contributed by atoms with E-state index in [-0.39, 0.29) is 14.8 Å². The van der Waals surface area contributed by atoms with Gasteiger partial charge in [0.15, 0.2) is 0 Å². The van der Waals surface area contributed by atoms with Gasteiger partial charge in [0.25, 0.3) is 0 Å². The van der Waals surface area contributed by atoms with Crippen LogP contribution < -0.4 is 0 Å². The minimum Gasteiger partial charge on any atom is -0.263 e. The van der Waals surface area contributed by atoms with Crippen LogP contribution in [0.3, 0.4) is 0 Å². The van der Waals surface area contributed by atoms with E-state index < -0.39 is 9.84 Å². The van der Waals surface area contributed by atoms with Gasteiger partial charge >= 0.3 is 0 Å². The Balaban J connectivity index is 2.09. The van der Waals surface area contributed by atoms with Crippen LogP contribution in [-0.4, -0.2) is 13.4 Å². The molecule has 0 unspecified atom stereocenters. The molecule has 1 aliphatic carbocycles. The minimum atomic E-state index is -3.60. The first kappa shape index (κ1) is 13.6. The lowest BCUT2D eigenvalue weighted by molar-refractivity contribution is 0.419. The Bertz CT molecular complexity index is 725. The predicted octanol–water partition coefficient (Wildman–Crippen LogP) is 3.84. The Labute approximate surface area is 123 Å². The van der Waals surface area contributed by atoms with Crippen molar-refractivity contribution in [2.24, 2.45) is 0 Å². The third-order valence-corrected chi connectivity index (χ3v) is 5.99. The summed E-state index contributed by atoms with van der Waals surface area (Å²) in [7, 11) is -3.60. The first-order chi connectivity index (χ1) is 9.59. The maximum atomic E-state index is 12.6. The number of hydrogen-bond donors (Lipinski definition) is 0. The van der Waals surface area contributed by atoms with Crippen LogP contribution in [0.1, 0.15) is 30.7 Å². The Morgan fingerprint density at radius 3 is 2.60 bits per heavy atom. The molecule has 1 aromatic heterocycles. The second kappa shape index (κ2) is 5.19. The number of aromatic nitrogens is 1. The summed E-state index contributed by atoms with van der Waals surface area (Å²) in [6.07, 6.45) is 6.34. The Kier molecular flexibility index (Phi) is 3.52. The molecule has 0 amide bonds. The molecular weight excluding hydrogens is 294 g/mol. The molecule has 0 aliphatic heterocycles. The van der Waals surface area contributed by atoms with Crippen LogP contribution in [0, 0.1) is 0 Å².